The third-order valence-corrected chi connectivity index (χ3v) is 7.47. The van der Waals surface area contributed by atoms with Crippen LogP contribution in [0.2, 0.25) is 0 Å². The Morgan fingerprint density at radius 1 is 0.641 bits per heavy atom. The Hall–Kier alpha value is -5.36. The number of benzene rings is 4. The molecular formula is C33H24N6. The first-order chi connectivity index (χ1) is 19.2. The molecule has 4 aromatic carbocycles. The zero-order valence-electron chi connectivity index (χ0n) is 21.4. The first-order valence-electron chi connectivity index (χ1n) is 13.0. The van der Waals surface area contributed by atoms with Gasteiger partial charge in [0.05, 0.1) is 44.1 Å². The van der Waals surface area contributed by atoms with Crippen LogP contribution in [0.25, 0.3) is 67.1 Å². The van der Waals surface area contributed by atoms with Gasteiger partial charge in [0.2, 0.25) is 11.6 Å². The van der Waals surface area contributed by atoms with Crippen molar-refractivity contribution in [3.05, 3.63) is 122 Å². The summed E-state index contributed by atoms with van der Waals surface area (Å²) in [6, 6.07) is 31.7. The second-order valence-electron chi connectivity index (χ2n) is 9.74. The SMILES string of the molecule is C=C/C=C\C=C(/C)n1c2ccccc2n2c3cc4c(cc3nc12)nc1n(-c2ccccc2)c2ccccc2n41. The standard InChI is InChI=1S/C33H24N6/c1-3-4-6-13-22(2)36-26-16-9-11-18-28(26)38-30-21-31-25(20-24(30)34-32(36)38)35-33-37(23-14-7-5-8-15-23)27-17-10-12-19-29(27)39(31)33/h3-21H,1H2,2H3/b6-4-,22-13+. The summed E-state index contributed by atoms with van der Waals surface area (Å²) in [6.45, 7) is 5.89. The Morgan fingerprint density at radius 2 is 1.23 bits per heavy atom. The number of para-hydroxylation sites is 5. The summed E-state index contributed by atoms with van der Waals surface area (Å²) in [5, 5.41) is 0. The van der Waals surface area contributed by atoms with Crippen LogP contribution < -0.4 is 0 Å². The fourth-order valence-electron chi connectivity index (χ4n) is 5.83. The van der Waals surface area contributed by atoms with Crippen molar-refractivity contribution < 1.29 is 0 Å². The van der Waals surface area contributed by atoms with Gasteiger partial charge in [-0.25, -0.2) is 9.97 Å². The highest BCUT2D eigenvalue weighted by Crippen LogP contribution is 2.34. The molecule has 8 rings (SSSR count). The van der Waals surface area contributed by atoms with E-state index in [1.807, 2.05) is 18.2 Å². The second kappa shape index (κ2) is 8.07. The summed E-state index contributed by atoms with van der Waals surface area (Å²) in [5.74, 6) is 1.77. The molecule has 0 aliphatic carbocycles. The van der Waals surface area contributed by atoms with Crippen molar-refractivity contribution in [2.45, 2.75) is 6.92 Å². The van der Waals surface area contributed by atoms with Crippen molar-refractivity contribution in [3.8, 4) is 5.69 Å². The minimum Gasteiger partial charge on any atom is -0.282 e. The summed E-state index contributed by atoms with van der Waals surface area (Å²) in [4.78, 5) is 10.3. The molecule has 4 aromatic heterocycles. The zero-order valence-corrected chi connectivity index (χ0v) is 21.4. The molecule has 0 atom stereocenters. The minimum absolute atomic E-state index is 0.882. The van der Waals surface area contributed by atoms with Crippen molar-refractivity contribution in [3.63, 3.8) is 0 Å². The van der Waals surface area contributed by atoms with E-state index in [9.17, 15) is 0 Å². The van der Waals surface area contributed by atoms with Crippen LogP contribution in [0.15, 0.2) is 122 Å². The van der Waals surface area contributed by atoms with Crippen LogP contribution in [-0.2, 0) is 0 Å². The molecule has 0 bridgehead atoms. The molecule has 6 heteroatoms. The number of imidazole rings is 4. The van der Waals surface area contributed by atoms with Crippen molar-refractivity contribution in [2.75, 3.05) is 0 Å². The lowest BCUT2D eigenvalue weighted by atomic mass is 10.2. The highest BCUT2D eigenvalue weighted by molar-refractivity contribution is 6.01. The number of allylic oxidation sites excluding steroid dienone is 5. The van der Waals surface area contributed by atoms with Gasteiger partial charge in [-0.15, -0.1) is 0 Å². The highest BCUT2D eigenvalue weighted by Gasteiger charge is 2.21. The fourth-order valence-corrected chi connectivity index (χ4v) is 5.83. The molecular weight excluding hydrogens is 480 g/mol. The molecule has 0 saturated carbocycles. The Kier molecular flexibility index (Phi) is 4.49. The molecule has 0 fully saturated rings. The van der Waals surface area contributed by atoms with E-state index in [2.05, 4.69) is 122 Å². The van der Waals surface area contributed by atoms with Gasteiger partial charge >= 0.3 is 0 Å². The van der Waals surface area contributed by atoms with Gasteiger partial charge in [0.15, 0.2) is 0 Å². The lowest BCUT2D eigenvalue weighted by Crippen LogP contribution is -1.94. The summed E-state index contributed by atoms with van der Waals surface area (Å²) < 4.78 is 8.97. The maximum atomic E-state index is 5.14. The third kappa shape index (κ3) is 2.97. The number of rotatable bonds is 4. The monoisotopic (exact) mass is 504 g/mol. The van der Waals surface area contributed by atoms with E-state index < -0.39 is 0 Å². The molecule has 39 heavy (non-hydrogen) atoms. The number of aromatic nitrogens is 6. The van der Waals surface area contributed by atoms with Crippen LogP contribution in [0.4, 0.5) is 0 Å². The van der Waals surface area contributed by atoms with Gasteiger partial charge in [-0.1, -0.05) is 67.3 Å². The van der Waals surface area contributed by atoms with Crippen molar-refractivity contribution in [2.24, 2.45) is 0 Å². The van der Waals surface area contributed by atoms with Crippen molar-refractivity contribution in [1.29, 1.82) is 0 Å². The smallest absolute Gasteiger partial charge is 0.220 e. The van der Waals surface area contributed by atoms with Gasteiger partial charge in [0, 0.05) is 11.4 Å². The van der Waals surface area contributed by atoms with Gasteiger partial charge in [-0.3, -0.25) is 17.9 Å². The highest BCUT2D eigenvalue weighted by atomic mass is 15.2. The van der Waals surface area contributed by atoms with Crippen LogP contribution in [0.3, 0.4) is 0 Å². The number of fused-ring (bicyclic) bond motifs is 10. The van der Waals surface area contributed by atoms with E-state index in [0.717, 1.165) is 67.1 Å². The summed E-state index contributed by atoms with van der Waals surface area (Å²) in [5.41, 5.74) is 10.6. The van der Waals surface area contributed by atoms with Crippen LogP contribution in [0, 0.1) is 0 Å². The average Bonchev–Trinajstić information content (AvgIpc) is 3.68. The van der Waals surface area contributed by atoms with Gasteiger partial charge < -0.3 is 0 Å². The molecule has 0 N–H and O–H groups in total. The van der Waals surface area contributed by atoms with Gasteiger partial charge in [-0.05, 0) is 61.5 Å². The molecule has 8 aromatic rings. The predicted octanol–water partition coefficient (Wildman–Crippen LogP) is 7.79. The minimum atomic E-state index is 0.882. The topological polar surface area (TPSA) is 44.5 Å². The lowest BCUT2D eigenvalue weighted by molar-refractivity contribution is 1.11. The first kappa shape index (κ1) is 21.7. The molecule has 0 spiro atoms. The van der Waals surface area contributed by atoms with E-state index in [0.29, 0.717) is 0 Å². The van der Waals surface area contributed by atoms with E-state index in [1.54, 1.807) is 6.08 Å². The summed E-state index contributed by atoms with van der Waals surface area (Å²) >= 11 is 0. The third-order valence-electron chi connectivity index (χ3n) is 7.47. The molecule has 0 amide bonds. The normalized spacial score (nSPS) is 12.9. The molecule has 186 valence electrons. The van der Waals surface area contributed by atoms with Gasteiger partial charge in [-0.2, -0.15) is 0 Å². The maximum Gasteiger partial charge on any atom is 0.220 e. The molecule has 0 radical (unpaired) electrons. The van der Waals surface area contributed by atoms with E-state index in [1.165, 1.54) is 0 Å². The van der Waals surface area contributed by atoms with E-state index in [-0.39, 0.29) is 0 Å². The van der Waals surface area contributed by atoms with Gasteiger partial charge in [0.1, 0.15) is 0 Å². The Labute approximate surface area is 223 Å². The maximum absolute atomic E-state index is 5.14. The van der Waals surface area contributed by atoms with E-state index >= 15 is 0 Å². The number of nitrogens with zero attached hydrogens (tertiary/aromatic N) is 6. The first-order valence-corrected chi connectivity index (χ1v) is 13.0. The predicted molar refractivity (Wildman–Crippen MR) is 161 cm³/mol. The lowest BCUT2D eigenvalue weighted by Gasteiger charge is -2.04. The van der Waals surface area contributed by atoms with Crippen molar-refractivity contribution in [1.82, 2.24) is 27.9 Å². The van der Waals surface area contributed by atoms with Crippen LogP contribution >= 0.6 is 0 Å². The van der Waals surface area contributed by atoms with Crippen LogP contribution in [0.1, 0.15) is 6.92 Å². The Morgan fingerprint density at radius 3 is 1.95 bits per heavy atom. The molecule has 0 aliphatic heterocycles. The van der Waals surface area contributed by atoms with E-state index in [4.69, 9.17) is 9.97 Å². The fraction of sp³-hybridized carbons (Fsp3) is 0.0303. The zero-order chi connectivity index (χ0) is 26.1. The molecule has 0 saturated heterocycles. The van der Waals surface area contributed by atoms with Crippen LogP contribution in [0.5, 0.6) is 0 Å². The van der Waals surface area contributed by atoms with Gasteiger partial charge in [0.25, 0.3) is 0 Å². The summed E-state index contributed by atoms with van der Waals surface area (Å²) in [6.07, 6.45) is 7.80. The Bertz CT molecular complexity index is 2300. The molecule has 6 nitrogen and oxygen atoms in total. The quantitative estimate of drug-likeness (QED) is 0.230. The second-order valence-corrected chi connectivity index (χ2v) is 9.74. The number of hydrogen-bond donors (Lipinski definition) is 0. The molecule has 0 aliphatic rings. The summed E-state index contributed by atoms with van der Waals surface area (Å²) in [7, 11) is 0. The molecule has 0 unspecified atom stereocenters. The largest absolute Gasteiger partial charge is 0.282 e. The Balaban J connectivity index is 1.49. The number of hydrogen-bond acceptors (Lipinski definition) is 2. The molecule has 4 heterocycles. The van der Waals surface area contributed by atoms with Crippen molar-refractivity contribution >= 4 is 61.4 Å². The average molecular weight is 505 g/mol. The van der Waals surface area contributed by atoms with Crippen LogP contribution in [-0.4, -0.2) is 27.9 Å².